The molecule has 2 aromatic heterocycles. The predicted octanol–water partition coefficient (Wildman–Crippen LogP) is 2.30. The van der Waals surface area contributed by atoms with Crippen molar-refractivity contribution in [1.82, 2.24) is 15.0 Å². The first-order valence-electron chi connectivity index (χ1n) is 6.47. The van der Waals surface area contributed by atoms with E-state index in [1.807, 2.05) is 18.5 Å². The van der Waals surface area contributed by atoms with Crippen LogP contribution in [-0.4, -0.2) is 27.6 Å². The number of aryl methyl sites for hydroxylation is 1. The van der Waals surface area contributed by atoms with Crippen molar-refractivity contribution in [3.63, 3.8) is 0 Å². The van der Waals surface area contributed by atoms with Crippen molar-refractivity contribution >= 4 is 17.2 Å². The molecule has 0 radical (unpaired) electrons. The summed E-state index contributed by atoms with van der Waals surface area (Å²) in [6.45, 7) is 2.56. The number of aromatic nitrogens is 3. The number of fused-ring (bicyclic) bond motifs is 1. The summed E-state index contributed by atoms with van der Waals surface area (Å²) >= 11 is 1.74. The standard InChI is InChI=1S/C13H16N4OS/c1-2-18-13-6-12(14-7-15-13)17-9-3-4-10-11(5-9)19-8-16-10/h6-9H,2-5H2,1H3,(H,14,15,17)/t9-/m0/s1. The zero-order chi connectivity index (χ0) is 13.1. The summed E-state index contributed by atoms with van der Waals surface area (Å²) in [4.78, 5) is 14.1. The van der Waals surface area contributed by atoms with Gasteiger partial charge in [-0.2, -0.15) is 0 Å². The van der Waals surface area contributed by atoms with Crippen molar-refractivity contribution in [1.29, 1.82) is 0 Å². The van der Waals surface area contributed by atoms with Crippen LogP contribution in [0.25, 0.3) is 0 Å². The molecule has 0 bridgehead atoms. The Balaban J connectivity index is 1.67. The minimum absolute atomic E-state index is 0.414. The molecule has 100 valence electrons. The van der Waals surface area contributed by atoms with E-state index >= 15 is 0 Å². The van der Waals surface area contributed by atoms with E-state index in [4.69, 9.17) is 4.74 Å². The largest absolute Gasteiger partial charge is 0.478 e. The minimum atomic E-state index is 0.414. The first kappa shape index (κ1) is 12.3. The Bertz CT molecular complexity index is 557. The molecule has 0 unspecified atom stereocenters. The van der Waals surface area contributed by atoms with Crippen molar-refractivity contribution in [3.05, 3.63) is 28.5 Å². The van der Waals surface area contributed by atoms with Gasteiger partial charge in [0.2, 0.25) is 5.88 Å². The fraction of sp³-hybridized carbons (Fsp3) is 0.462. The highest BCUT2D eigenvalue weighted by Crippen LogP contribution is 2.25. The van der Waals surface area contributed by atoms with E-state index in [1.54, 1.807) is 11.3 Å². The van der Waals surface area contributed by atoms with Crippen LogP contribution in [-0.2, 0) is 12.8 Å². The summed E-state index contributed by atoms with van der Waals surface area (Å²) in [6, 6.07) is 2.27. The molecule has 1 atom stereocenters. The second kappa shape index (κ2) is 5.52. The van der Waals surface area contributed by atoms with Gasteiger partial charge in [-0.3, -0.25) is 0 Å². The molecule has 0 saturated carbocycles. The average molecular weight is 276 g/mol. The molecule has 19 heavy (non-hydrogen) atoms. The summed E-state index contributed by atoms with van der Waals surface area (Å²) in [7, 11) is 0. The Morgan fingerprint density at radius 1 is 1.42 bits per heavy atom. The van der Waals surface area contributed by atoms with Crippen LogP contribution in [0.5, 0.6) is 5.88 Å². The Kier molecular flexibility index (Phi) is 3.59. The lowest BCUT2D eigenvalue weighted by Crippen LogP contribution is -2.27. The van der Waals surface area contributed by atoms with Crippen LogP contribution in [0.1, 0.15) is 23.9 Å². The Morgan fingerprint density at radius 2 is 2.37 bits per heavy atom. The topological polar surface area (TPSA) is 59.9 Å². The first-order chi connectivity index (χ1) is 9.35. The highest BCUT2D eigenvalue weighted by atomic mass is 32.1. The number of hydrogen-bond donors (Lipinski definition) is 1. The molecule has 0 spiro atoms. The molecule has 1 aliphatic rings. The number of nitrogens with one attached hydrogen (secondary N) is 1. The molecule has 0 aromatic carbocycles. The normalized spacial score (nSPS) is 17.8. The van der Waals surface area contributed by atoms with Crippen molar-refractivity contribution in [3.8, 4) is 5.88 Å². The van der Waals surface area contributed by atoms with E-state index in [0.717, 1.165) is 25.1 Å². The van der Waals surface area contributed by atoms with E-state index in [2.05, 4.69) is 20.3 Å². The number of nitrogens with zero attached hydrogens (tertiary/aromatic N) is 3. The lowest BCUT2D eigenvalue weighted by atomic mass is 9.98. The monoisotopic (exact) mass is 276 g/mol. The van der Waals surface area contributed by atoms with E-state index in [-0.39, 0.29) is 0 Å². The molecule has 0 fully saturated rings. The van der Waals surface area contributed by atoms with Gasteiger partial charge >= 0.3 is 0 Å². The maximum atomic E-state index is 5.38. The third-order valence-corrected chi connectivity index (χ3v) is 4.07. The molecule has 2 heterocycles. The maximum absolute atomic E-state index is 5.38. The molecule has 2 aromatic rings. The van der Waals surface area contributed by atoms with Gasteiger partial charge < -0.3 is 10.1 Å². The molecule has 6 heteroatoms. The zero-order valence-corrected chi connectivity index (χ0v) is 11.6. The molecule has 1 aliphatic carbocycles. The van der Waals surface area contributed by atoms with E-state index in [9.17, 15) is 0 Å². The van der Waals surface area contributed by atoms with Crippen LogP contribution in [0.2, 0.25) is 0 Å². The van der Waals surface area contributed by atoms with Crippen LogP contribution in [0.4, 0.5) is 5.82 Å². The van der Waals surface area contributed by atoms with E-state index < -0.39 is 0 Å². The highest BCUT2D eigenvalue weighted by molar-refractivity contribution is 7.09. The van der Waals surface area contributed by atoms with Gasteiger partial charge in [0.25, 0.3) is 0 Å². The molecule has 0 amide bonds. The van der Waals surface area contributed by atoms with E-state index in [0.29, 0.717) is 18.5 Å². The third kappa shape index (κ3) is 2.84. The van der Waals surface area contributed by atoms with Gasteiger partial charge in [-0.1, -0.05) is 0 Å². The third-order valence-electron chi connectivity index (χ3n) is 3.17. The molecule has 5 nitrogen and oxygen atoms in total. The number of thiazole rings is 1. The van der Waals surface area contributed by atoms with Crippen molar-refractivity contribution in [2.45, 2.75) is 32.2 Å². The maximum Gasteiger partial charge on any atom is 0.218 e. The minimum Gasteiger partial charge on any atom is -0.478 e. The summed E-state index contributed by atoms with van der Waals surface area (Å²) < 4.78 is 5.38. The smallest absolute Gasteiger partial charge is 0.218 e. The van der Waals surface area contributed by atoms with Crippen molar-refractivity contribution < 1.29 is 4.74 Å². The fourth-order valence-electron chi connectivity index (χ4n) is 2.28. The summed E-state index contributed by atoms with van der Waals surface area (Å²) in [6.07, 6.45) is 4.69. The molecule has 0 aliphatic heterocycles. The Labute approximate surface area is 116 Å². The summed E-state index contributed by atoms with van der Waals surface area (Å²) in [5, 5.41) is 3.46. The lowest BCUT2D eigenvalue weighted by molar-refractivity contribution is 0.326. The van der Waals surface area contributed by atoms with Crippen LogP contribution in [0.15, 0.2) is 17.9 Å². The van der Waals surface area contributed by atoms with Gasteiger partial charge in [-0.05, 0) is 19.8 Å². The van der Waals surface area contributed by atoms with Gasteiger partial charge in [0.15, 0.2) is 0 Å². The van der Waals surface area contributed by atoms with Crippen LogP contribution in [0, 0.1) is 0 Å². The number of hydrogen-bond acceptors (Lipinski definition) is 6. The van der Waals surface area contributed by atoms with Gasteiger partial charge in [-0.15, -0.1) is 11.3 Å². The van der Waals surface area contributed by atoms with Crippen molar-refractivity contribution in [2.75, 3.05) is 11.9 Å². The quantitative estimate of drug-likeness (QED) is 0.928. The summed E-state index contributed by atoms with van der Waals surface area (Å²) in [5.41, 5.74) is 3.20. The van der Waals surface area contributed by atoms with Gasteiger partial charge in [0.05, 0.1) is 17.8 Å². The number of ether oxygens (including phenoxy) is 1. The zero-order valence-electron chi connectivity index (χ0n) is 10.8. The Morgan fingerprint density at radius 3 is 3.26 bits per heavy atom. The molecular formula is C13H16N4OS. The van der Waals surface area contributed by atoms with Gasteiger partial charge in [0, 0.05) is 23.4 Å². The Hall–Kier alpha value is -1.69. The second-order valence-electron chi connectivity index (χ2n) is 4.48. The second-order valence-corrected chi connectivity index (χ2v) is 5.42. The lowest BCUT2D eigenvalue weighted by Gasteiger charge is -2.22. The number of rotatable bonds is 4. The first-order valence-corrected chi connectivity index (χ1v) is 7.35. The van der Waals surface area contributed by atoms with Crippen LogP contribution < -0.4 is 10.1 Å². The van der Waals surface area contributed by atoms with Gasteiger partial charge in [0.1, 0.15) is 12.1 Å². The summed E-state index contributed by atoms with van der Waals surface area (Å²) in [5.74, 6) is 1.45. The van der Waals surface area contributed by atoms with Crippen molar-refractivity contribution in [2.24, 2.45) is 0 Å². The highest BCUT2D eigenvalue weighted by Gasteiger charge is 2.20. The number of anilines is 1. The van der Waals surface area contributed by atoms with E-state index in [1.165, 1.54) is 16.9 Å². The molecule has 3 rings (SSSR count). The van der Waals surface area contributed by atoms with Crippen LogP contribution in [0.3, 0.4) is 0 Å². The van der Waals surface area contributed by atoms with Crippen LogP contribution >= 0.6 is 11.3 Å². The molecule has 0 saturated heterocycles. The van der Waals surface area contributed by atoms with Gasteiger partial charge in [-0.25, -0.2) is 15.0 Å². The molecular weight excluding hydrogens is 260 g/mol. The fourth-order valence-corrected chi connectivity index (χ4v) is 3.17. The predicted molar refractivity (Wildman–Crippen MR) is 74.8 cm³/mol. The average Bonchev–Trinajstić information content (AvgIpc) is 2.87. The molecule has 1 N–H and O–H groups in total. The SMILES string of the molecule is CCOc1cc(N[C@H]2CCc3ncsc3C2)ncn1.